The molecule has 0 N–H and O–H groups in total. The van der Waals surface area contributed by atoms with Crippen LogP contribution in [0.3, 0.4) is 0 Å². The van der Waals surface area contributed by atoms with Crippen LogP contribution in [0.15, 0.2) is 12.1 Å². The maximum Gasteiger partial charge on any atom is 0.141 e. The van der Waals surface area contributed by atoms with Crippen LogP contribution in [-0.4, -0.2) is 13.2 Å². The Morgan fingerprint density at radius 1 is 0.952 bits per heavy atom. The fraction of sp³-hybridized carbons (Fsp3) is 0.556. The van der Waals surface area contributed by atoms with Crippen molar-refractivity contribution in [3.05, 3.63) is 22.7 Å². The van der Waals surface area contributed by atoms with Crippen molar-refractivity contribution in [1.82, 2.24) is 0 Å². The van der Waals surface area contributed by atoms with E-state index in [0.717, 1.165) is 43.4 Å². The number of aryl methyl sites for hydroxylation is 1. The molecule has 2 nitrogen and oxygen atoms in total. The van der Waals surface area contributed by atoms with Crippen molar-refractivity contribution < 1.29 is 9.47 Å². The van der Waals surface area contributed by atoms with E-state index in [4.69, 9.17) is 21.1 Å². The molecule has 0 aliphatic rings. The van der Waals surface area contributed by atoms with Gasteiger partial charge in [-0.15, -0.1) is 11.8 Å². The summed E-state index contributed by atoms with van der Waals surface area (Å²) in [5.74, 6) is 7.81. The summed E-state index contributed by atoms with van der Waals surface area (Å²) in [6, 6.07) is 3.86. The molecule has 0 atom stereocenters. The summed E-state index contributed by atoms with van der Waals surface area (Å²) in [5, 5.41) is 0.644. The van der Waals surface area contributed by atoms with Crippen LogP contribution in [0, 0.1) is 11.8 Å². The van der Waals surface area contributed by atoms with Crippen LogP contribution >= 0.6 is 11.6 Å². The topological polar surface area (TPSA) is 18.5 Å². The highest BCUT2D eigenvalue weighted by Gasteiger charge is 2.10. The predicted octanol–water partition coefficient (Wildman–Crippen LogP) is 5.26. The lowest BCUT2D eigenvalue weighted by atomic mass is 10.1. The van der Waals surface area contributed by atoms with Crippen molar-refractivity contribution in [2.45, 2.75) is 52.9 Å². The van der Waals surface area contributed by atoms with E-state index in [1.165, 1.54) is 0 Å². The minimum absolute atomic E-state index is 0.644. The molecule has 0 bridgehead atoms. The minimum Gasteiger partial charge on any atom is -0.493 e. The predicted molar refractivity (Wildman–Crippen MR) is 89.4 cm³/mol. The summed E-state index contributed by atoms with van der Waals surface area (Å²) in [6.45, 7) is 7.58. The largest absolute Gasteiger partial charge is 0.493 e. The lowest BCUT2D eigenvalue weighted by Crippen LogP contribution is -2.02. The first-order chi connectivity index (χ1) is 10.2. The van der Waals surface area contributed by atoms with Crippen molar-refractivity contribution in [3.8, 4) is 23.3 Å². The Balaban J connectivity index is 2.89. The summed E-state index contributed by atoms with van der Waals surface area (Å²) in [4.78, 5) is 0. The first kappa shape index (κ1) is 17.7. The Hall–Kier alpha value is -1.33. The second-order valence-electron chi connectivity index (χ2n) is 4.79. The zero-order valence-corrected chi connectivity index (χ0v) is 14.1. The molecular weight excluding hydrogens is 284 g/mol. The molecule has 0 heterocycles. The van der Waals surface area contributed by atoms with Gasteiger partial charge in [0.2, 0.25) is 0 Å². The smallest absolute Gasteiger partial charge is 0.141 e. The maximum atomic E-state index is 6.29. The molecule has 0 amide bonds. The van der Waals surface area contributed by atoms with Crippen molar-refractivity contribution in [2.75, 3.05) is 13.2 Å². The second kappa shape index (κ2) is 10.4. The molecule has 116 valence electrons. The van der Waals surface area contributed by atoms with E-state index < -0.39 is 0 Å². The van der Waals surface area contributed by atoms with Gasteiger partial charge in [-0.2, -0.15) is 0 Å². The number of benzene rings is 1. The van der Waals surface area contributed by atoms with Gasteiger partial charge in [-0.05, 0) is 30.9 Å². The molecular formula is C18H25ClO2. The third kappa shape index (κ3) is 6.31. The van der Waals surface area contributed by atoms with Crippen LogP contribution in [0.5, 0.6) is 11.5 Å². The normalized spacial score (nSPS) is 9.90. The van der Waals surface area contributed by atoms with E-state index >= 15 is 0 Å². The summed E-state index contributed by atoms with van der Waals surface area (Å²) < 4.78 is 11.5. The van der Waals surface area contributed by atoms with Crippen LogP contribution in [0.2, 0.25) is 5.02 Å². The van der Waals surface area contributed by atoms with Gasteiger partial charge in [0, 0.05) is 18.9 Å². The lowest BCUT2D eigenvalue weighted by molar-refractivity contribution is 0.299. The molecule has 1 aromatic rings. The molecule has 0 unspecified atom stereocenters. The summed E-state index contributed by atoms with van der Waals surface area (Å²) in [5.41, 5.74) is 1.10. The van der Waals surface area contributed by atoms with Gasteiger partial charge < -0.3 is 9.47 Å². The molecule has 1 rings (SSSR count). The maximum absolute atomic E-state index is 6.29. The molecule has 0 fully saturated rings. The number of hydrogen-bond donors (Lipinski definition) is 0. The minimum atomic E-state index is 0.644. The quantitative estimate of drug-likeness (QED) is 0.610. The number of rotatable bonds is 8. The van der Waals surface area contributed by atoms with E-state index in [2.05, 4.69) is 32.6 Å². The van der Waals surface area contributed by atoms with Gasteiger partial charge in [-0.1, -0.05) is 32.4 Å². The van der Waals surface area contributed by atoms with Gasteiger partial charge in [0.25, 0.3) is 0 Å². The van der Waals surface area contributed by atoms with E-state index in [-0.39, 0.29) is 0 Å². The molecule has 0 saturated carbocycles. The molecule has 0 aromatic heterocycles. The highest BCUT2D eigenvalue weighted by molar-refractivity contribution is 6.32. The zero-order valence-electron chi connectivity index (χ0n) is 13.3. The van der Waals surface area contributed by atoms with E-state index in [9.17, 15) is 0 Å². The Bertz CT molecular complexity index is 486. The van der Waals surface area contributed by atoms with Gasteiger partial charge in [0.1, 0.15) is 11.5 Å². The monoisotopic (exact) mass is 308 g/mol. The fourth-order valence-electron chi connectivity index (χ4n) is 1.85. The first-order valence-electron chi connectivity index (χ1n) is 7.76. The summed E-state index contributed by atoms with van der Waals surface area (Å²) in [6.07, 6.45) is 4.49. The fourth-order valence-corrected chi connectivity index (χ4v) is 2.09. The SMILES string of the molecule is CCC#CCCc1cc(Cl)c(OCCC)cc1OCCC. The molecule has 3 heteroatoms. The van der Waals surface area contributed by atoms with Crippen molar-refractivity contribution in [2.24, 2.45) is 0 Å². The van der Waals surface area contributed by atoms with Crippen LogP contribution in [0.25, 0.3) is 0 Å². The molecule has 1 aromatic carbocycles. The van der Waals surface area contributed by atoms with Crippen LogP contribution in [-0.2, 0) is 6.42 Å². The molecule has 0 aliphatic carbocycles. The summed E-state index contributed by atoms with van der Waals surface area (Å²) >= 11 is 6.29. The molecule has 0 saturated heterocycles. The molecule has 0 aliphatic heterocycles. The highest BCUT2D eigenvalue weighted by Crippen LogP contribution is 2.33. The summed E-state index contributed by atoms with van der Waals surface area (Å²) in [7, 11) is 0. The van der Waals surface area contributed by atoms with Gasteiger partial charge >= 0.3 is 0 Å². The Morgan fingerprint density at radius 3 is 2.24 bits per heavy atom. The van der Waals surface area contributed by atoms with Crippen LogP contribution < -0.4 is 9.47 Å². The van der Waals surface area contributed by atoms with Crippen LogP contribution in [0.4, 0.5) is 0 Å². The van der Waals surface area contributed by atoms with Gasteiger partial charge in [0.05, 0.1) is 18.2 Å². The number of hydrogen-bond acceptors (Lipinski definition) is 2. The Labute approximate surface area is 133 Å². The van der Waals surface area contributed by atoms with Gasteiger partial charge in [0.15, 0.2) is 0 Å². The third-order valence-corrected chi connectivity index (χ3v) is 3.15. The van der Waals surface area contributed by atoms with Crippen molar-refractivity contribution in [1.29, 1.82) is 0 Å². The van der Waals surface area contributed by atoms with E-state index in [1.807, 2.05) is 12.1 Å². The molecule has 0 radical (unpaired) electrons. The van der Waals surface area contributed by atoms with Gasteiger partial charge in [-0.25, -0.2) is 0 Å². The Morgan fingerprint density at radius 2 is 1.62 bits per heavy atom. The number of halogens is 1. The van der Waals surface area contributed by atoms with Crippen molar-refractivity contribution >= 4 is 11.6 Å². The highest BCUT2D eigenvalue weighted by atomic mass is 35.5. The van der Waals surface area contributed by atoms with Gasteiger partial charge in [-0.3, -0.25) is 0 Å². The first-order valence-corrected chi connectivity index (χ1v) is 8.14. The number of ether oxygens (including phenoxy) is 2. The third-order valence-electron chi connectivity index (χ3n) is 2.86. The zero-order chi connectivity index (χ0) is 15.5. The van der Waals surface area contributed by atoms with E-state index in [1.54, 1.807) is 0 Å². The van der Waals surface area contributed by atoms with Crippen molar-refractivity contribution in [3.63, 3.8) is 0 Å². The average molecular weight is 309 g/mol. The average Bonchev–Trinajstić information content (AvgIpc) is 2.49. The molecule has 21 heavy (non-hydrogen) atoms. The molecule has 0 spiro atoms. The lowest BCUT2D eigenvalue weighted by Gasteiger charge is -2.14. The second-order valence-corrected chi connectivity index (χ2v) is 5.20. The standard InChI is InChI=1S/C18H25ClO2/c1-4-7-8-9-10-15-13-16(19)18(21-12-6-3)14-17(15)20-11-5-2/h13-14H,4-6,9-12H2,1-3H3. The van der Waals surface area contributed by atoms with E-state index in [0.29, 0.717) is 24.0 Å². The van der Waals surface area contributed by atoms with Crippen LogP contribution in [0.1, 0.15) is 52.0 Å². The Kier molecular flexibility index (Phi) is 8.78.